The van der Waals surface area contributed by atoms with Gasteiger partial charge in [0.2, 0.25) is 0 Å². The first-order valence-electron chi connectivity index (χ1n) is 6.43. The Labute approximate surface area is 113 Å². The van der Waals surface area contributed by atoms with E-state index < -0.39 is 0 Å². The second-order valence-electron chi connectivity index (χ2n) is 4.72. The van der Waals surface area contributed by atoms with Crippen molar-refractivity contribution in [3.63, 3.8) is 0 Å². The van der Waals surface area contributed by atoms with Crippen LogP contribution in [0.15, 0.2) is 66.9 Å². The van der Waals surface area contributed by atoms with Gasteiger partial charge in [-0.05, 0) is 29.8 Å². The largest absolute Gasteiger partial charge is 0.370 e. The van der Waals surface area contributed by atoms with E-state index in [1.54, 1.807) is 0 Å². The number of aromatic nitrogens is 1. The van der Waals surface area contributed by atoms with Crippen LogP contribution in [-0.4, -0.2) is 12.0 Å². The first-order chi connectivity index (χ1) is 9.33. The van der Waals surface area contributed by atoms with Crippen molar-refractivity contribution in [1.29, 1.82) is 0 Å². The molecule has 0 bridgehead atoms. The van der Waals surface area contributed by atoms with E-state index >= 15 is 0 Å². The standard InChI is InChI=1S/C17H16N2/c1-19(16-7-3-2-4-8-16)13-14-9-10-15-6-5-11-18-17(15)12-14/h2-12H,13H2,1H3. The molecule has 0 aliphatic heterocycles. The minimum atomic E-state index is 0.885. The van der Waals surface area contributed by atoms with Crippen LogP contribution in [-0.2, 0) is 6.54 Å². The summed E-state index contributed by atoms with van der Waals surface area (Å²) in [5.74, 6) is 0. The van der Waals surface area contributed by atoms with Gasteiger partial charge in [0.15, 0.2) is 0 Å². The molecule has 0 spiro atoms. The average molecular weight is 248 g/mol. The minimum Gasteiger partial charge on any atom is -0.370 e. The quantitative estimate of drug-likeness (QED) is 0.699. The first-order valence-corrected chi connectivity index (χ1v) is 6.43. The molecule has 0 N–H and O–H groups in total. The fraction of sp³-hybridized carbons (Fsp3) is 0.118. The monoisotopic (exact) mass is 248 g/mol. The summed E-state index contributed by atoms with van der Waals surface area (Å²) in [4.78, 5) is 6.64. The Hall–Kier alpha value is -2.35. The molecule has 0 aliphatic rings. The van der Waals surface area contributed by atoms with E-state index in [9.17, 15) is 0 Å². The molecule has 3 rings (SSSR count). The van der Waals surface area contributed by atoms with Gasteiger partial charge in [-0.3, -0.25) is 4.98 Å². The summed E-state index contributed by atoms with van der Waals surface area (Å²) in [6.45, 7) is 0.885. The Bertz CT molecular complexity index is 677. The topological polar surface area (TPSA) is 16.1 Å². The SMILES string of the molecule is CN(Cc1ccc2cccnc2c1)c1ccccc1. The third-order valence-electron chi connectivity index (χ3n) is 3.29. The van der Waals surface area contributed by atoms with E-state index in [2.05, 4.69) is 65.5 Å². The second kappa shape index (κ2) is 5.11. The van der Waals surface area contributed by atoms with Crippen molar-refractivity contribution in [2.45, 2.75) is 6.54 Å². The molecular formula is C17H16N2. The molecule has 1 aromatic heterocycles. The maximum Gasteiger partial charge on any atom is 0.0705 e. The first kappa shape index (κ1) is 11.7. The summed E-state index contributed by atoms with van der Waals surface area (Å²) in [5.41, 5.74) is 3.56. The molecule has 0 saturated carbocycles. The lowest BCUT2D eigenvalue weighted by Crippen LogP contribution is -2.16. The number of hydrogen-bond acceptors (Lipinski definition) is 2. The van der Waals surface area contributed by atoms with E-state index in [1.165, 1.54) is 16.6 Å². The Morgan fingerprint density at radius 3 is 2.63 bits per heavy atom. The van der Waals surface area contributed by atoms with E-state index in [-0.39, 0.29) is 0 Å². The summed E-state index contributed by atoms with van der Waals surface area (Å²) in [5, 5.41) is 1.19. The van der Waals surface area contributed by atoms with Crippen molar-refractivity contribution >= 4 is 16.6 Å². The third-order valence-corrected chi connectivity index (χ3v) is 3.29. The van der Waals surface area contributed by atoms with Gasteiger partial charge < -0.3 is 4.90 Å². The normalized spacial score (nSPS) is 10.6. The highest BCUT2D eigenvalue weighted by Crippen LogP contribution is 2.17. The number of nitrogens with zero attached hydrogens (tertiary/aromatic N) is 2. The van der Waals surface area contributed by atoms with Gasteiger partial charge in [0.05, 0.1) is 5.52 Å². The minimum absolute atomic E-state index is 0.885. The molecule has 2 aromatic carbocycles. The van der Waals surface area contributed by atoms with Crippen LogP contribution in [0, 0.1) is 0 Å². The molecule has 0 radical (unpaired) electrons. The summed E-state index contributed by atoms with van der Waals surface area (Å²) >= 11 is 0. The van der Waals surface area contributed by atoms with Crippen molar-refractivity contribution in [2.24, 2.45) is 0 Å². The fourth-order valence-corrected chi connectivity index (χ4v) is 2.26. The van der Waals surface area contributed by atoms with Gasteiger partial charge in [-0.1, -0.05) is 36.4 Å². The molecule has 2 nitrogen and oxygen atoms in total. The van der Waals surface area contributed by atoms with Crippen LogP contribution < -0.4 is 4.90 Å². The highest BCUT2D eigenvalue weighted by atomic mass is 15.1. The maximum atomic E-state index is 4.40. The fourth-order valence-electron chi connectivity index (χ4n) is 2.26. The summed E-state index contributed by atoms with van der Waals surface area (Å²) in [6, 6.07) is 20.9. The number of rotatable bonds is 3. The van der Waals surface area contributed by atoms with E-state index in [4.69, 9.17) is 0 Å². The summed E-state index contributed by atoms with van der Waals surface area (Å²) in [6.07, 6.45) is 1.84. The zero-order valence-electron chi connectivity index (χ0n) is 11.0. The Kier molecular flexibility index (Phi) is 3.15. The number of para-hydroxylation sites is 1. The van der Waals surface area contributed by atoms with Crippen LogP contribution in [0.4, 0.5) is 5.69 Å². The van der Waals surface area contributed by atoms with Gasteiger partial charge in [0, 0.05) is 30.9 Å². The molecule has 3 aromatic rings. The van der Waals surface area contributed by atoms with Gasteiger partial charge >= 0.3 is 0 Å². The van der Waals surface area contributed by atoms with Crippen molar-refractivity contribution in [3.05, 3.63) is 72.4 Å². The number of anilines is 1. The molecule has 94 valence electrons. The number of hydrogen-bond donors (Lipinski definition) is 0. The number of fused-ring (bicyclic) bond motifs is 1. The lowest BCUT2D eigenvalue weighted by Gasteiger charge is -2.19. The zero-order valence-corrected chi connectivity index (χ0v) is 11.0. The van der Waals surface area contributed by atoms with Gasteiger partial charge in [-0.2, -0.15) is 0 Å². The molecule has 0 fully saturated rings. The molecule has 2 heteroatoms. The molecule has 19 heavy (non-hydrogen) atoms. The Morgan fingerprint density at radius 2 is 1.79 bits per heavy atom. The maximum absolute atomic E-state index is 4.40. The molecule has 0 saturated heterocycles. The number of benzene rings is 2. The Morgan fingerprint density at radius 1 is 0.947 bits per heavy atom. The predicted octanol–water partition coefficient (Wildman–Crippen LogP) is 3.87. The van der Waals surface area contributed by atoms with Gasteiger partial charge in [-0.25, -0.2) is 0 Å². The summed E-state index contributed by atoms with van der Waals surface area (Å²) in [7, 11) is 2.11. The molecular weight excluding hydrogens is 232 g/mol. The van der Waals surface area contributed by atoms with Crippen molar-refractivity contribution in [2.75, 3.05) is 11.9 Å². The molecule has 0 aliphatic carbocycles. The van der Waals surface area contributed by atoms with Crippen molar-refractivity contribution < 1.29 is 0 Å². The predicted molar refractivity (Wildman–Crippen MR) is 80.3 cm³/mol. The molecule has 0 amide bonds. The van der Waals surface area contributed by atoms with Gasteiger partial charge in [0.1, 0.15) is 0 Å². The van der Waals surface area contributed by atoms with E-state index in [0.29, 0.717) is 0 Å². The smallest absolute Gasteiger partial charge is 0.0705 e. The highest BCUT2D eigenvalue weighted by Gasteiger charge is 2.02. The molecule has 0 unspecified atom stereocenters. The van der Waals surface area contributed by atoms with Crippen LogP contribution >= 0.6 is 0 Å². The van der Waals surface area contributed by atoms with Gasteiger partial charge in [0.25, 0.3) is 0 Å². The third kappa shape index (κ3) is 2.58. The highest BCUT2D eigenvalue weighted by molar-refractivity contribution is 5.78. The lowest BCUT2D eigenvalue weighted by molar-refractivity contribution is 0.924. The van der Waals surface area contributed by atoms with Crippen molar-refractivity contribution in [3.8, 4) is 0 Å². The van der Waals surface area contributed by atoms with Crippen molar-refractivity contribution in [1.82, 2.24) is 4.98 Å². The zero-order chi connectivity index (χ0) is 13.1. The van der Waals surface area contributed by atoms with E-state index in [0.717, 1.165) is 12.1 Å². The van der Waals surface area contributed by atoms with Crippen LogP contribution in [0.5, 0.6) is 0 Å². The van der Waals surface area contributed by atoms with Crippen LogP contribution in [0.1, 0.15) is 5.56 Å². The average Bonchev–Trinajstić information content (AvgIpc) is 2.48. The Balaban J connectivity index is 1.85. The van der Waals surface area contributed by atoms with Crippen LogP contribution in [0.25, 0.3) is 10.9 Å². The number of pyridine rings is 1. The lowest BCUT2D eigenvalue weighted by atomic mass is 10.1. The van der Waals surface area contributed by atoms with Gasteiger partial charge in [-0.15, -0.1) is 0 Å². The molecule has 0 atom stereocenters. The second-order valence-corrected chi connectivity index (χ2v) is 4.72. The molecule has 1 heterocycles. The summed E-state index contributed by atoms with van der Waals surface area (Å²) < 4.78 is 0. The van der Waals surface area contributed by atoms with E-state index in [1.807, 2.05) is 18.3 Å². The van der Waals surface area contributed by atoms with Crippen LogP contribution in [0.2, 0.25) is 0 Å². The van der Waals surface area contributed by atoms with Crippen LogP contribution in [0.3, 0.4) is 0 Å².